The van der Waals surface area contributed by atoms with Crippen molar-refractivity contribution in [1.29, 1.82) is 0 Å². The molecule has 0 spiro atoms. The molecule has 0 radical (unpaired) electrons. The molecule has 0 aliphatic heterocycles. The molecule has 1 unspecified atom stereocenters. The summed E-state index contributed by atoms with van der Waals surface area (Å²) in [5, 5.41) is 3.59. The zero-order valence-corrected chi connectivity index (χ0v) is 12.6. The molecule has 0 aromatic carbocycles. The predicted molar refractivity (Wildman–Crippen MR) is 79.1 cm³/mol. The fourth-order valence-corrected chi connectivity index (χ4v) is 2.67. The highest BCUT2D eigenvalue weighted by Crippen LogP contribution is 2.32. The summed E-state index contributed by atoms with van der Waals surface area (Å²) >= 11 is 0. The Kier molecular flexibility index (Phi) is 5.46. The normalized spacial score (nSPS) is 17.3. The van der Waals surface area contributed by atoms with Crippen molar-refractivity contribution in [2.45, 2.75) is 58.7 Å². The van der Waals surface area contributed by atoms with Gasteiger partial charge in [-0.05, 0) is 43.9 Å². The summed E-state index contributed by atoms with van der Waals surface area (Å²) in [6, 6.07) is 5.44. The van der Waals surface area contributed by atoms with E-state index in [9.17, 15) is 0 Å². The van der Waals surface area contributed by atoms with Crippen LogP contribution in [-0.2, 0) is 6.54 Å². The van der Waals surface area contributed by atoms with E-state index in [0.29, 0.717) is 12.0 Å². The van der Waals surface area contributed by atoms with E-state index in [1.54, 1.807) is 6.26 Å². The van der Waals surface area contributed by atoms with E-state index < -0.39 is 0 Å². The fraction of sp³-hybridized carbons (Fsp3) is 0.750. The lowest BCUT2D eigenvalue weighted by Crippen LogP contribution is -2.46. The van der Waals surface area contributed by atoms with Crippen LogP contribution in [0.3, 0.4) is 0 Å². The highest BCUT2D eigenvalue weighted by Gasteiger charge is 2.35. The molecule has 3 heteroatoms. The minimum atomic E-state index is 0.601. The molecule has 1 atom stereocenters. The molecule has 19 heavy (non-hydrogen) atoms. The highest BCUT2D eigenvalue weighted by atomic mass is 16.3. The summed E-state index contributed by atoms with van der Waals surface area (Å²) in [4.78, 5) is 2.64. The molecule has 0 amide bonds. The quantitative estimate of drug-likeness (QED) is 0.694. The van der Waals surface area contributed by atoms with Crippen LogP contribution in [0.5, 0.6) is 0 Å². The topological polar surface area (TPSA) is 28.4 Å². The summed E-state index contributed by atoms with van der Waals surface area (Å²) in [7, 11) is 0. The van der Waals surface area contributed by atoms with E-state index in [2.05, 4.69) is 37.1 Å². The van der Waals surface area contributed by atoms with E-state index in [0.717, 1.165) is 31.4 Å². The third kappa shape index (κ3) is 4.36. The Hall–Kier alpha value is -0.800. The van der Waals surface area contributed by atoms with Gasteiger partial charge in [-0.1, -0.05) is 20.8 Å². The van der Waals surface area contributed by atoms with Crippen molar-refractivity contribution in [3.8, 4) is 0 Å². The number of nitrogens with one attached hydrogen (secondary N) is 1. The van der Waals surface area contributed by atoms with Crippen LogP contribution in [0.25, 0.3) is 0 Å². The van der Waals surface area contributed by atoms with E-state index in [4.69, 9.17) is 4.42 Å². The number of rotatable bonds is 9. The van der Waals surface area contributed by atoms with Gasteiger partial charge in [0.05, 0.1) is 12.8 Å². The van der Waals surface area contributed by atoms with Gasteiger partial charge in [0.2, 0.25) is 0 Å². The molecule has 1 aliphatic rings. The van der Waals surface area contributed by atoms with Gasteiger partial charge < -0.3 is 9.73 Å². The summed E-state index contributed by atoms with van der Waals surface area (Å²) in [6.07, 6.45) is 5.67. The maximum Gasteiger partial charge on any atom is 0.117 e. The van der Waals surface area contributed by atoms with E-state index in [1.165, 1.54) is 19.3 Å². The lowest BCUT2D eigenvalue weighted by Gasteiger charge is -2.34. The molecule has 1 aromatic heterocycles. The molecule has 1 fully saturated rings. The lowest BCUT2D eigenvalue weighted by atomic mass is 10.0. The van der Waals surface area contributed by atoms with E-state index in [1.807, 2.05) is 6.07 Å². The first-order valence-electron chi connectivity index (χ1n) is 7.71. The summed E-state index contributed by atoms with van der Waals surface area (Å²) in [6.45, 7) is 10.0. The standard InChI is InChI=1S/C16H28N2O/c1-4-9-17-11-16(13(2)3)18(14-7-8-14)12-15-6-5-10-19-15/h5-6,10,13-14,16-17H,4,7-9,11-12H2,1-3H3. The van der Waals surface area contributed by atoms with Gasteiger partial charge in [0, 0.05) is 18.6 Å². The molecule has 3 nitrogen and oxygen atoms in total. The van der Waals surface area contributed by atoms with Crippen LogP contribution < -0.4 is 5.32 Å². The third-order valence-electron chi connectivity index (χ3n) is 3.91. The fourth-order valence-electron chi connectivity index (χ4n) is 2.67. The van der Waals surface area contributed by atoms with Crippen LogP contribution >= 0.6 is 0 Å². The van der Waals surface area contributed by atoms with Crippen LogP contribution in [0.1, 0.15) is 45.8 Å². The number of furan rings is 1. The Morgan fingerprint density at radius 1 is 1.42 bits per heavy atom. The number of hydrogen-bond acceptors (Lipinski definition) is 3. The third-order valence-corrected chi connectivity index (χ3v) is 3.91. The second kappa shape index (κ2) is 7.11. The van der Waals surface area contributed by atoms with Crippen LogP contribution in [0.4, 0.5) is 0 Å². The van der Waals surface area contributed by atoms with Crippen molar-refractivity contribution in [3.63, 3.8) is 0 Å². The smallest absolute Gasteiger partial charge is 0.117 e. The number of hydrogen-bond donors (Lipinski definition) is 1. The zero-order valence-electron chi connectivity index (χ0n) is 12.6. The van der Waals surface area contributed by atoms with Crippen molar-refractivity contribution < 1.29 is 4.42 Å². The van der Waals surface area contributed by atoms with Gasteiger partial charge >= 0.3 is 0 Å². The molecule has 1 aromatic rings. The Bertz CT molecular complexity index is 344. The van der Waals surface area contributed by atoms with Crippen molar-refractivity contribution in [2.75, 3.05) is 13.1 Å². The molecule has 1 N–H and O–H groups in total. The van der Waals surface area contributed by atoms with Crippen molar-refractivity contribution in [3.05, 3.63) is 24.2 Å². The molecular weight excluding hydrogens is 236 g/mol. The van der Waals surface area contributed by atoms with Gasteiger partial charge in [0.1, 0.15) is 5.76 Å². The molecule has 1 saturated carbocycles. The Morgan fingerprint density at radius 3 is 2.74 bits per heavy atom. The van der Waals surface area contributed by atoms with E-state index in [-0.39, 0.29) is 0 Å². The Balaban J connectivity index is 1.97. The van der Waals surface area contributed by atoms with Gasteiger partial charge in [-0.2, -0.15) is 0 Å². The zero-order chi connectivity index (χ0) is 13.7. The summed E-state index contributed by atoms with van der Waals surface area (Å²) < 4.78 is 5.54. The van der Waals surface area contributed by atoms with Gasteiger partial charge in [-0.3, -0.25) is 4.90 Å². The monoisotopic (exact) mass is 264 g/mol. The lowest BCUT2D eigenvalue weighted by molar-refractivity contribution is 0.124. The largest absolute Gasteiger partial charge is 0.468 e. The van der Waals surface area contributed by atoms with Crippen LogP contribution in [-0.4, -0.2) is 30.1 Å². The summed E-state index contributed by atoms with van der Waals surface area (Å²) in [5.41, 5.74) is 0. The van der Waals surface area contributed by atoms with Crippen LogP contribution in [0.2, 0.25) is 0 Å². The Morgan fingerprint density at radius 2 is 2.21 bits per heavy atom. The molecule has 0 bridgehead atoms. The van der Waals surface area contributed by atoms with Gasteiger partial charge in [0.25, 0.3) is 0 Å². The first kappa shape index (κ1) is 14.6. The van der Waals surface area contributed by atoms with Crippen molar-refractivity contribution in [1.82, 2.24) is 10.2 Å². The van der Waals surface area contributed by atoms with Crippen LogP contribution in [0, 0.1) is 5.92 Å². The average Bonchev–Trinajstić information content (AvgIpc) is 3.10. The number of nitrogens with zero attached hydrogens (tertiary/aromatic N) is 1. The molecule has 1 aliphatic carbocycles. The molecular formula is C16H28N2O. The first-order valence-corrected chi connectivity index (χ1v) is 7.71. The maximum atomic E-state index is 5.54. The minimum Gasteiger partial charge on any atom is -0.468 e. The van der Waals surface area contributed by atoms with Crippen molar-refractivity contribution in [2.24, 2.45) is 5.92 Å². The average molecular weight is 264 g/mol. The first-order chi connectivity index (χ1) is 9.22. The molecule has 0 saturated heterocycles. The van der Waals surface area contributed by atoms with Gasteiger partial charge in [-0.25, -0.2) is 0 Å². The van der Waals surface area contributed by atoms with E-state index >= 15 is 0 Å². The predicted octanol–water partition coefficient (Wildman–Crippen LogP) is 3.27. The minimum absolute atomic E-state index is 0.601. The summed E-state index contributed by atoms with van der Waals surface area (Å²) in [5.74, 6) is 1.76. The SMILES string of the molecule is CCCNCC(C(C)C)N(Cc1ccco1)C1CC1. The van der Waals surface area contributed by atoms with Crippen molar-refractivity contribution >= 4 is 0 Å². The Labute approximate surface area is 117 Å². The molecule has 2 rings (SSSR count). The van der Waals surface area contributed by atoms with Gasteiger partial charge in [0.15, 0.2) is 0 Å². The highest BCUT2D eigenvalue weighted by molar-refractivity contribution is 5.01. The van der Waals surface area contributed by atoms with Crippen LogP contribution in [0.15, 0.2) is 22.8 Å². The second-order valence-electron chi connectivity index (χ2n) is 6.00. The van der Waals surface area contributed by atoms with Gasteiger partial charge in [-0.15, -0.1) is 0 Å². The maximum absolute atomic E-state index is 5.54. The molecule has 1 heterocycles. The molecule has 108 valence electrons. The second-order valence-corrected chi connectivity index (χ2v) is 6.00.